The topological polar surface area (TPSA) is 137 Å². The Bertz CT molecular complexity index is 1280. The summed E-state index contributed by atoms with van der Waals surface area (Å²) in [5, 5.41) is 2.47. The molecule has 0 heterocycles. The van der Waals surface area contributed by atoms with E-state index >= 15 is 0 Å². The van der Waals surface area contributed by atoms with Crippen molar-refractivity contribution in [3.63, 3.8) is 0 Å². The van der Waals surface area contributed by atoms with Crippen LogP contribution < -0.4 is 10.4 Å². The van der Waals surface area contributed by atoms with Crippen molar-refractivity contribution < 1.29 is 66.1 Å². The van der Waals surface area contributed by atoms with Crippen LogP contribution in [-0.2, 0) is 66.1 Å². The first-order valence-corrected chi connectivity index (χ1v) is 26.1. The maximum atomic E-state index is 11.8. The molecule has 374 valence electrons. The highest BCUT2D eigenvalue weighted by atomic mass is 28.4. The van der Waals surface area contributed by atoms with Crippen LogP contribution in [0.5, 0.6) is 0 Å². The number of carbonyl (C=O) groups excluding carboxylic acids is 1. The number of carbonyl (C=O) groups is 1. The van der Waals surface area contributed by atoms with Gasteiger partial charge in [0.2, 0.25) is 0 Å². The molecule has 15 heteroatoms. The molecule has 2 aromatic carbocycles. The fourth-order valence-electron chi connectivity index (χ4n) is 6.83. The van der Waals surface area contributed by atoms with Gasteiger partial charge >= 0.3 is 5.97 Å². The smallest absolute Gasteiger partial charge is 0.305 e. The lowest BCUT2D eigenvalue weighted by Gasteiger charge is -2.43. The maximum Gasteiger partial charge on any atom is 0.305 e. The second-order valence-electron chi connectivity index (χ2n) is 16.3. The normalized spacial score (nSPS) is 12.0. The number of benzene rings is 2. The summed E-state index contributed by atoms with van der Waals surface area (Å²) >= 11 is 0. The molecule has 2 aromatic rings. The summed E-state index contributed by atoms with van der Waals surface area (Å²) in [4.78, 5) is 11.8. The van der Waals surface area contributed by atoms with E-state index in [2.05, 4.69) is 88.4 Å². The zero-order chi connectivity index (χ0) is 46.6. The molecular weight excluding hydrogens is 853 g/mol. The van der Waals surface area contributed by atoms with Gasteiger partial charge in [0, 0.05) is 6.42 Å². The highest BCUT2D eigenvalue weighted by Gasteiger charge is 2.50. The van der Waals surface area contributed by atoms with Crippen LogP contribution in [0.15, 0.2) is 60.7 Å². The second-order valence-corrected chi connectivity index (χ2v) is 20.6. The summed E-state index contributed by atoms with van der Waals surface area (Å²) < 4.78 is 73.3. The Labute approximate surface area is 392 Å². The first-order chi connectivity index (χ1) is 31.9. The molecule has 0 spiro atoms. The van der Waals surface area contributed by atoms with Gasteiger partial charge in [-0.05, 0) is 21.8 Å². The standard InChI is InChI=1S/C50H86O14Si/c1-5-6-7-8-9-10-17-22-49(51)63-45-43-61-41-39-59-37-35-57-33-31-55-29-27-53-25-23-52-24-26-54-28-30-56-32-34-58-36-38-60-40-42-62-44-46-64-65(50(2,3)4,47-18-13-11-14-19-47)48-20-15-12-16-21-48/h11-16,18-21H,5-10,17,22-46H2,1-4H3. The Kier molecular flexibility index (Phi) is 37.8. The predicted molar refractivity (Wildman–Crippen MR) is 256 cm³/mol. The second kappa shape index (κ2) is 41.8. The van der Waals surface area contributed by atoms with Crippen LogP contribution in [0.3, 0.4) is 0 Å². The van der Waals surface area contributed by atoms with E-state index in [0.717, 1.165) is 12.8 Å². The van der Waals surface area contributed by atoms with E-state index in [1.165, 1.54) is 42.5 Å². The van der Waals surface area contributed by atoms with Gasteiger partial charge in [0.25, 0.3) is 8.32 Å². The molecule has 2 rings (SSSR count). The number of hydrogen-bond donors (Lipinski definition) is 0. The van der Waals surface area contributed by atoms with Crippen molar-refractivity contribution in [3.05, 3.63) is 60.7 Å². The lowest BCUT2D eigenvalue weighted by Crippen LogP contribution is -2.66. The number of ether oxygens (including phenoxy) is 12. The lowest BCUT2D eigenvalue weighted by molar-refractivity contribution is -0.145. The molecule has 0 unspecified atom stereocenters. The van der Waals surface area contributed by atoms with Crippen molar-refractivity contribution >= 4 is 24.7 Å². The zero-order valence-electron chi connectivity index (χ0n) is 40.6. The van der Waals surface area contributed by atoms with E-state index in [9.17, 15) is 4.79 Å². The molecule has 0 aliphatic carbocycles. The Morgan fingerprint density at radius 1 is 0.385 bits per heavy atom. The predicted octanol–water partition coefficient (Wildman–Crippen LogP) is 6.43. The number of hydrogen-bond acceptors (Lipinski definition) is 14. The molecule has 0 aliphatic rings. The molecule has 0 bridgehead atoms. The largest absolute Gasteiger partial charge is 0.463 e. The van der Waals surface area contributed by atoms with Gasteiger partial charge in [0.05, 0.1) is 152 Å². The van der Waals surface area contributed by atoms with E-state index in [4.69, 9.17) is 61.3 Å². The van der Waals surface area contributed by atoms with Gasteiger partial charge in [-0.1, -0.05) is 127 Å². The van der Waals surface area contributed by atoms with Gasteiger partial charge in [-0.3, -0.25) is 4.79 Å². The summed E-state index contributed by atoms with van der Waals surface area (Å²) in [5.41, 5.74) is 0. The van der Waals surface area contributed by atoms with E-state index in [-0.39, 0.29) is 17.6 Å². The highest BCUT2D eigenvalue weighted by Crippen LogP contribution is 2.36. The van der Waals surface area contributed by atoms with Crippen molar-refractivity contribution in [2.45, 2.75) is 84.1 Å². The molecule has 0 atom stereocenters. The first-order valence-electron chi connectivity index (χ1n) is 24.2. The third-order valence-electron chi connectivity index (χ3n) is 10.2. The lowest BCUT2D eigenvalue weighted by atomic mass is 10.1. The first kappa shape index (κ1) is 58.8. The minimum atomic E-state index is -2.55. The third-order valence-corrected chi connectivity index (χ3v) is 15.2. The molecule has 0 N–H and O–H groups in total. The molecule has 0 radical (unpaired) electrons. The maximum absolute atomic E-state index is 11.8. The van der Waals surface area contributed by atoms with Crippen LogP contribution in [0.2, 0.25) is 5.04 Å². The molecular formula is C50H86O14Si. The molecule has 0 aliphatic heterocycles. The van der Waals surface area contributed by atoms with Crippen molar-refractivity contribution in [3.8, 4) is 0 Å². The Hall–Kier alpha value is -2.35. The summed E-state index contributed by atoms with van der Waals surface area (Å²) in [6, 6.07) is 21.3. The summed E-state index contributed by atoms with van der Waals surface area (Å²) in [5.74, 6) is -0.142. The van der Waals surface area contributed by atoms with Crippen molar-refractivity contribution in [2.24, 2.45) is 0 Å². The molecule has 0 fully saturated rings. The minimum Gasteiger partial charge on any atom is -0.463 e. The van der Waals surface area contributed by atoms with Gasteiger partial charge in [0.15, 0.2) is 0 Å². The highest BCUT2D eigenvalue weighted by molar-refractivity contribution is 6.99. The quantitative estimate of drug-likeness (QED) is 0.0410. The SMILES string of the molecule is CCCCCCCCCC(=O)OCCOCCOCCOCCOCCOCCOCCOCCOCCOCCOCCOCCO[Si](c1ccccc1)(c1ccccc1)C(C)(C)C. The van der Waals surface area contributed by atoms with Gasteiger partial charge < -0.3 is 61.3 Å². The van der Waals surface area contributed by atoms with E-state index in [1.807, 2.05) is 0 Å². The van der Waals surface area contributed by atoms with Crippen molar-refractivity contribution in [2.75, 3.05) is 159 Å². The van der Waals surface area contributed by atoms with Crippen LogP contribution in [0, 0.1) is 0 Å². The average Bonchev–Trinajstić information content (AvgIpc) is 3.31. The number of rotatable bonds is 47. The van der Waals surface area contributed by atoms with Crippen LogP contribution in [0.1, 0.15) is 79.1 Å². The zero-order valence-corrected chi connectivity index (χ0v) is 41.6. The number of esters is 1. The van der Waals surface area contributed by atoms with Gasteiger partial charge in [-0.15, -0.1) is 0 Å². The van der Waals surface area contributed by atoms with E-state index in [0.29, 0.717) is 158 Å². The van der Waals surface area contributed by atoms with Crippen molar-refractivity contribution in [1.29, 1.82) is 0 Å². The molecule has 65 heavy (non-hydrogen) atoms. The fraction of sp³-hybridized carbons (Fsp3) is 0.740. The number of unbranched alkanes of at least 4 members (excludes halogenated alkanes) is 6. The van der Waals surface area contributed by atoms with Crippen LogP contribution in [0.4, 0.5) is 0 Å². The summed E-state index contributed by atoms with van der Waals surface area (Å²) in [6.45, 7) is 20.5. The monoisotopic (exact) mass is 939 g/mol. The molecule has 0 aromatic heterocycles. The molecule has 0 saturated heterocycles. The Morgan fingerprint density at radius 2 is 0.662 bits per heavy atom. The molecule has 0 saturated carbocycles. The molecule has 14 nitrogen and oxygen atoms in total. The molecule has 0 amide bonds. The van der Waals surface area contributed by atoms with Crippen LogP contribution in [-0.4, -0.2) is 173 Å². The minimum absolute atomic E-state index is 0.0619. The summed E-state index contributed by atoms with van der Waals surface area (Å²) in [7, 11) is -2.55. The van der Waals surface area contributed by atoms with E-state index in [1.54, 1.807) is 0 Å². The van der Waals surface area contributed by atoms with Crippen LogP contribution in [0.25, 0.3) is 0 Å². The van der Waals surface area contributed by atoms with Gasteiger partial charge in [-0.2, -0.15) is 0 Å². The summed E-state index contributed by atoms with van der Waals surface area (Å²) in [6.07, 6.45) is 8.77. The van der Waals surface area contributed by atoms with Gasteiger partial charge in [0.1, 0.15) is 6.61 Å². The Balaban J connectivity index is 1.23. The van der Waals surface area contributed by atoms with E-state index < -0.39 is 8.32 Å². The fourth-order valence-corrected chi connectivity index (χ4v) is 11.4. The van der Waals surface area contributed by atoms with Crippen molar-refractivity contribution in [1.82, 2.24) is 0 Å². The van der Waals surface area contributed by atoms with Crippen LogP contribution >= 0.6 is 0 Å². The van der Waals surface area contributed by atoms with Gasteiger partial charge in [-0.25, -0.2) is 0 Å². The third kappa shape index (κ3) is 30.6. The average molecular weight is 939 g/mol. The Morgan fingerprint density at radius 3 is 0.969 bits per heavy atom.